The molecule has 3 aromatic rings. The molecule has 116 valence electrons. The van der Waals surface area contributed by atoms with Gasteiger partial charge in [-0.2, -0.15) is 13.2 Å². The highest BCUT2D eigenvalue weighted by molar-refractivity contribution is 6.33. The molecule has 2 aromatic heterocycles. The number of nitrogens with zero attached hydrogens (tertiary/aromatic N) is 3. The molecule has 0 spiro atoms. The van der Waals surface area contributed by atoms with Gasteiger partial charge in [-0.15, -0.1) is 0 Å². The molecule has 3 rings (SSSR count). The topological polar surface area (TPSA) is 38.7 Å². The number of rotatable bonds is 2. The van der Waals surface area contributed by atoms with Gasteiger partial charge in [0.25, 0.3) is 0 Å². The SMILES string of the molecule is FC(F)(F)c1cnc(-c2ccnc(-c3ccccc3)n2)c(Cl)c1. The van der Waals surface area contributed by atoms with Crippen molar-refractivity contribution in [3.05, 3.63) is 65.4 Å². The van der Waals surface area contributed by atoms with Gasteiger partial charge in [0.05, 0.1) is 16.3 Å². The van der Waals surface area contributed by atoms with E-state index >= 15 is 0 Å². The minimum absolute atomic E-state index is 0.113. The van der Waals surface area contributed by atoms with Crippen molar-refractivity contribution in [1.82, 2.24) is 15.0 Å². The highest BCUT2D eigenvalue weighted by Crippen LogP contribution is 2.33. The van der Waals surface area contributed by atoms with Crippen LogP contribution in [-0.2, 0) is 6.18 Å². The lowest BCUT2D eigenvalue weighted by Crippen LogP contribution is -2.06. The van der Waals surface area contributed by atoms with Crippen LogP contribution < -0.4 is 0 Å². The summed E-state index contributed by atoms with van der Waals surface area (Å²) in [5, 5.41) is -0.113. The molecule has 0 bridgehead atoms. The molecule has 2 heterocycles. The van der Waals surface area contributed by atoms with Gasteiger partial charge in [-0.25, -0.2) is 9.97 Å². The van der Waals surface area contributed by atoms with Crippen molar-refractivity contribution in [2.75, 3.05) is 0 Å². The van der Waals surface area contributed by atoms with Gasteiger partial charge in [0.2, 0.25) is 0 Å². The molecular weight excluding hydrogens is 327 g/mol. The van der Waals surface area contributed by atoms with Crippen molar-refractivity contribution in [3.63, 3.8) is 0 Å². The molecular formula is C16H9ClF3N3. The van der Waals surface area contributed by atoms with Gasteiger partial charge in [-0.05, 0) is 12.1 Å². The standard InChI is InChI=1S/C16H9ClF3N3/c17-12-8-11(16(18,19)20)9-22-14(12)13-6-7-21-15(23-13)10-4-2-1-3-5-10/h1-9H. The summed E-state index contributed by atoms with van der Waals surface area (Å²) in [6.07, 6.45) is -2.23. The predicted molar refractivity (Wildman–Crippen MR) is 80.7 cm³/mol. The monoisotopic (exact) mass is 335 g/mol. The van der Waals surface area contributed by atoms with Gasteiger partial charge in [0, 0.05) is 18.0 Å². The van der Waals surface area contributed by atoms with E-state index in [1.165, 1.54) is 6.20 Å². The number of halogens is 4. The van der Waals surface area contributed by atoms with E-state index < -0.39 is 11.7 Å². The summed E-state index contributed by atoms with van der Waals surface area (Å²) in [6, 6.07) is 11.6. The molecule has 0 aliphatic carbocycles. The van der Waals surface area contributed by atoms with Gasteiger partial charge in [-0.1, -0.05) is 41.9 Å². The molecule has 0 fully saturated rings. The van der Waals surface area contributed by atoms with E-state index in [4.69, 9.17) is 11.6 Å². The fourth-order valence-corrected chi connectivity index (χ4v) is 2.26. The van der Waals surface area contributed by atoms with Gasteiger partial charge < -0.3 is 0 Å². The first-order valence-electron chi connectivity index (χ1n) is 6.57. The van der Waals surface area contributed by atoms with Crippen molar-refractivity contribution < 1.29 is 13.2 Å². The van der Waals surface area contributed by atoms with Crippen molar-refractivity contribution in [2.45, 2.75) is 6.18 Å². The van der Waals surface area contributed by atoms with Crippen LogP contribution in [0.2, 0.25) is 5.02 Å². The molecule has 0 atom stereocenters. The highest BCUT2D eigenvalue weighted by atomic mass is 35.5. The first-order valence-corrected chi connectivity index (χ1v) is 6.94. The van der Waals surface area contributed by atoms with Gasteiger partial charge in [0.15, 0.2) is 5.82 Å². The third-order valence-electron chi connectivity index (χ3n) is 3.10. The number of benzene rings is 1. The van der Waals surface area contributed by atoms with Crippen LogP contribution in [0.5, 0.6) is 0 Å². The van der Waals surface area contributed by atoms with E-state index in [0.29, 0.717) is 11.5 Å². The Hall–Kier alpha value is -2.47. The third-order valence-corrected chi connectivity index (χ3v) is 3.39. The number of alkyl halides is 3. The van der Waals surface area contributed by atoms with Gasteiger partial charge in [-0.3, -0.25) is 4.98 Å². The smallest absolute Gasteiger partial charge is 0.252 e. The molecule has 1 aromatic carbocycles. The molecule has 0 aliphatic heterocycles. The van der Waals surface area contributed by atoms with Crippen molar-refractivity contribution in [2.24, 2.45) is 0 Å². The third kappa shape index (κ3) is 3.32. The van der Waals surface area contributed by atoms with Gasteiger partial charge in [0.1, 0.15) is 5.69 Å². The van der Waals surface area contributed by atoms with E-state index in [9.17, 15) is 13.2 Å². The van der Waals surface area contributed by atoms with Crippen LogP contribution in [0.1, 0.15) is 5.56 Å². The Kier molecular flexibility index (Phi) is 4.00. The normalized spacial score (nSPS) is 11.5. The number of pyridine rings is 1. The van der Waals surface area contributed by atoms with Crippen LogP contribution in [0.4, 0.5) is 13.2 Å². The molecule has 0 radical (unpaired) electrons. The zero-order valence-corrected chi connectivity index (χ0v) is 12.3. The molecule has 7 heteroatoms. The Morgan fingerprint density at radius 1 is 0.957 bits per heavy atom. The summed E-state index contributed by atoms with van der Waals surface area (Å²) >= 11 is 5.95. The summed E-state index contributed by atoms with van der Waals surface area (Å²) in [5.74, 6) is 0.445. The summed E-state index contributed by atoms with van der Waals surface area (Å²) < 4.78 is 38.0. The Bertz CT molecular complexity index is 835. The summed E-state index contributed by atoms with van der Waals surface area (Å²) in [7, 11) is 0. The minimum atomic E-state index is -4.49. The van der Waals surface area contributed by atoms with Crippen LogP contribution >= 0.6 is 11.6 Å². The summed E-state index contributed by atoms with van der Waals surface area (Å²) in [4.78, 5) is 12.3. The van der Waals surface area contributed by atoms with E-state index in [2.05, 4.69) is 15.0 Å². The first-order chi connectivity index (χ1) is 10.9. The van der Waals surface area contributed by atoms with Crippen molar-refractivity contribution >= 4 is 11.6 Å². The number of hydrogen-bond acceptors (Lipinski definition) is 3. The second-order valence-corrected chi connectivity index (χ2v) is 5.09. The maximum Gasteiger partial charge on any atom is 0.417 e. The molecule has 0 N–H and O–H groups in total. The minimum Gasteiger partial charge on any atom is -0.252 e. The molecule has 0 unspecified atom stereocenters. The molecule has 3 nitrogen and oxygen atoms in total. The van der Waals surface area contributed by atoms with E-state index in [0.717, 1.165) is 17.8 Å². The summed E-state index contributed by atoms with van der Waals surface area (Å²) in [5.41, 5.74) is 0.429. The van der Waals surface area contributed by atoms with E-state index in [1.807, 2.05) is 30.3 Å². The highest BCUT2D eigenvalue weighted by Gasteiger charge is 2.31. The number of hydrogen-bond donors (Lipinski definition) is 0. The molecule has 23 heavy (non-hydrogen) atoms. The van der Waals surface area contributed by atoms with Crippen LogP contribution in [0, 0.1) is 0 Å². The molecule has 0 saturated heterocycles. The maximum absolute atomic E-state index is 12.7. The molecule has 0 amide bonds. The predicted octanol–water partition coefficient (Wildman–Crippen LogP) is 4.88. The lowest BCUT2D eigenvalue weighted by Gasteiger charge is -2.09. The van der Waals surface area contributed by atoms with Crippen LogP contribution in [-0.4, -0.2) is 15.0 Å². The van der Waals surface area contributed by atoms with Gasteiger partial charge >= 0.3 is 6.18 Å². The second-order valence-electron chi connectivity index (χ2n) is 4.68. The fraction of sp³-hybridized carbons (Fsp3) is 0.0625. The van der Waals surface area contributed by atoms with E-state index in [-0.39, 0.29) is 10.7 Å². The quantitative estimate of drug-likeness (QED) is 0.670. The van der Waals surface area contributed by atoms with Crippen LogP contribution in [0.3, 0.4) is 0 Å². The largest absolute Gasteiger partial charge is 0.417 e. The van der Waals surface area contributed by atoms with Crippen LogP contribution in [0.25, 0.3) is 22.8 Å². The Labute approximate surface area is 134 Å². The molecule has 0 aliphatic rings. The Morgan fingerprint density at radius 2 is 1.70 bits per heavy atom. The fourth-order valence-electron chi connectivity index (χ4n) is 2.00. The van der Waals surface area contributed by atoms with Crippen molar-refractivity contribution in [3.8, 4) is 22.8 Å². The zero-order valence-electron chi connectivity index (χ0n) is 11.5. The number of aromatic nitrogens is 3. The lowest BCUT2D eigenvalue weighted by atomic mass is 10.2. The van der Waals surface area contributed by atoms with Crippen LogP contribution in [0.15, 0.2) is 54.9 Å². The zero-order chi connectivity index (χ0) is 16.4. The average Bonchev–Trinajstić information content (AvgIpc) is 2.55. The molecule has 0 saturated carbocycles. The first kappa shape index (κ1) is 15.4. The average molecular weight is 336 g/mol. The second kappa shape index (κ2) is 5.96. The lowest BCUT2D eigenvalue weighted by molar-refractivity contribution is -0.137. The summed E-state index contributed by atoms with van der Waals surface area (Å²) in [6.45, 7) is 0. The van der Waals surface area contributed by atoms with E-state index in [1.54, 1.807) is 6.07 Å². The Morgan fingerprint density at radius 3 is 2.35 bits per heavy atom. The van der Waals surface area contributed by atoms with Crippen molar-refractivity contribution in [1.29, 1.82) is 0 Å². The maximum atomic E-state index is 12.7. The Balaban J connectivity index is 2.03.